The molecule has 1 aromatic rings. The number of thioether (sulfide) groups is 1. The van der Waals surface area contributed by atoms with Crippen molar-refractivity contribution in [1.82, 2.24) is 10.6 Å². The summed E-state index contributed by atoms with van der Waals surface area (Å²) in [5, 5.41) is 4.95. The van der Waals surface area contributed by atoms with Crippen molar-refractivity contribution in [3.8, 4) is 0 Å². The molecule has 0 saturated heterocycles. The van der Waals surface area contributed by atoms with Crippen molar-refractivity contribution < 1.29 is 19.1 Å². The zero-order chi connectivity index (χ0) is 17.4. The molecule has 0 saturated carbocycles. The molecule has 1 aliphatic carbocycles. The predicted octanol–water partition coefficient (Wildman–Crippen LogP) is 1.06. The number of ether oxygens (including phenoxy) is 1. The second-order valence-corrected chi connectivity index (χ2v) is 6.51. The van der Waals surface area contributed by atoms with Gasteiger partial charge in [-0.15, -0.1) is 11.8 Å². The van der Waals surface area contributed by atoms with E-state index in [1.807, 2.05) is 6.07 Å². The molecule has 0 aromatic heterocycles. The Hall–Kier alpha value is -2.02. The smallest absolute Gasteiger partial charge is 0.316 e. The van der Waals surface area contributed by atoms with E-state index in [4.69, 9.17) is 4.74 Å². The zero-order valence-corrected chi connectivity index (χ0v) is 14.5. The number of fused-ring (bicyclic) bond motifs is 1. The molecule has 0 fully saturated rings. The molecule has 24 heavy (non-hydrogen) atoms. The molecule has 1 aliphatic rings. The minimum atomic E-state index is -0.489. The average molecular weight is 350 g/mol. The topological polar surface area (TPSA) is 84.5 Å². The first-order valence-electron chi connectivity index (χ1n) is 8.02. The number of benzene rings is 1. The lowest BCUT2D eigenvalue weighted by molar-refractivity contribution is -0.146. The molecule has 2 rings (SSSR count). The molecule has 0 heterocycles. The van der Waals surface area contributed by atoms with Crippen LogP contribution in [0.2, 0.25) is 0 Å². The van der Waals surface area contributed by atoms with E-state index in [-0.39, 0.29) is 24.8 Å². The summed E-state index contributed by atoms with van der Waals surface area (Å²) in [5.41, 5.74) is 2.75. The second-order valence-electron chi connectivity index (χ2n) is 5.46. The van der Waals surface area contributed by atoms with E-state index in [2.05, 4.69) is 22.8 Å². The number of rotatable bonds is 8. The molecule has 0 aliphatic heterocycles. The molecule has 6 nitrogen and oxygen atoms in total. The van der Waals surface area contributed by atoms with Gasteiger partial charge in [-0.1, -0.05) is 6.07 Å². The first-order valence-corrected chi connectivity index (χ1v) is 9.00. The number of nitrogens with one attached hydrogen (secondary N) is 2. The molecule has 0 bridgehead atoms. The molecule has 7 heteroatoms. The van der Waals surface area contributed by atoms with Crippen LogP contribution in [-0.4, -0.2) is 43.2 Å². The minimum Gasteiger partial charge on any atom is -0.455 e. The molecule has 2 N–H and O–H groups in total. The van der Waals surface area contributed by atoms with Gasteiger partial charge in [0.1, 0.15) is 0 Å². The summed E-state index contributed by atoms with van der Waals surface area (Å²) in [5.74, 6) is -1.06. The monoisotopic (exact) mass is 350 g/mol. The quantitative estimate of drug-likeness (QED) is 0.541. The normalized spacial score (nSPS) is 12.4. The van der Waals surface area contributed by atoms with Crippen LogP contribution in [0, 0.1) is 0 Å². The van der Waals surface area contributed by atoms with Gasteiger partial charge in [0.2, 0.25) is 5.91 Å². The molecule has 130 valence electrons. The third-order valence-electron chi connectivity index (χ3n) is 3.61. The summed E-state index contributed by atoms with van der Waals surface area (Å²) in [6.45, 7) is 1.81. The number of aryl methyl sites for hydroxylation is 2. The van der Waals surface area contributed by atoms with Gasteiger partial charge in [-0.2, -0.15) is 0 Å². The van der Waals surface area contributed by atoms with Gasteiger partial charge in [0.05, 0.1) is 12.3 Å². The molecule has 0 atom stereocenters. The lowest BCUT2D eigenvalue weighted by Crippen LogP contribution is -2.38. The number of esters is 1. The summed E-state index contributed by atoms with van der Waals surface area (Å²) in [7, 11) is 0. The van der Waals surface area contributed by atoms with E-state index in [0.29, 0.717) is 6.54 Å². The Bertz CT molecular complexity index is 619. The highest BCUT2D eigenvalue weighted by Gasteiger charge is 2.13. The largest absolute Gasteiger partial charge is 0.455 e. The lowest BCUT2D eigenvalue weighted by Gasteiger charge is -2.07. The number of hydrogen-bond acceptors (Lipinski definition) is 5. The van der Waals surface area contributed by atoms with E-state index in [1.165, 1.54) is 29.3 Å². The maximum Gasteiger partial charge on any atom is 0.316 e. The SMILES string of the molecule is CCNC(=O)CNC(=O)COC(=O)CSc1ccc2c(c1)CCC2. The van der Waals surface area contributed by atoms with Crippen molar-refractivity contribution >= 4 is 29.5 Å². The fourth-order valence-corrected chi connectivity index (χ4v) is 3.22. The minimum absolute atomic E-state index is 0.117. The van der Waals surface area contributed by atoms with E-state index < -0.39 is 11.9 Å². The molecule has 0 unspecified atom stereocenters. The number of hydrogen-bond donors (Lipinski definition) is 2. The van der Waals surface area contributed by atoms with Crippen molar-refractivity contribution in [2.75, 3.05) is 25.4 Å². The number of carbonyl (C=O) groups is 3. The fraction of sp³-hybridized carbons (Fsp3) is 0.471. The third kappa shape index (κ3) is 5.88. The Balaban J connectivity index is 1.64. The van der Waals surface area contributed by atoms with E-state index in [1.54, 1.807) is 6.92 Å². The molecule has 0 radical (unpaired) electrons. The van der Waals surface area contributed by atoms with Gasteiger partial charge < -0.3 is 15.4 Å². The highest BCUT2D eigenvalue weighted by molar-refractivity contribution is 8.00. The number of amides is 2. The highest BCUT2D eigenvalue weighted by Crippen LogP contribution is 2.27. The summed E-state index contributed by atoms with van der Waals surface area (Å²) >= 11 is 1.40. The first kappa shape index (κ1) is 18.3. The van der Waals surface area contributed by atoms with Crippen LogP contribution in [0.1, 0.15) is 24.5 Å². The van der Waals surface area contributed by atoms with Crippen LogP contribution in [0.5, 0.6) is 0 Å². The molecule has 2 amide bonds. The first-order chi connectivity index (χ1) is 11.6. The number of carbonyl (C=O) groups excluding carboxylic acids is 3. The van der Waals surface area contributed by atoms with Crippen molar-refractivity contribution in [1.29, 1.82) is 0 Å². The van der Waals surface area contributed by atoms with Crippen LogP contribution in [0.25, 0.3) is 0 Å². The Morgan fingerprint density at radius 1 is 1.12 bits per heavy atom. The van der Waals surface area contributed by atoms with Crippen molar-refractivity contribution in [2.24, 2.45) is 0 Å². The van der Waals surface area contributed by atoms with Crippen LogP contribution < -0.4 is 10.6 Å². The van der Waals surface area contributed by atoms with Gasteiger partial charge in [0, 0.05) is 11.4 Å². The Labute approximate surface area is 145 Å². The summed E-state index contributed by atoms with van der Waals surface area (Å²) in [6.07, 6.45) is 3.42. The van der Waals surface area contributed by atoms with Gasteiger partial charge in [0.15, 0.2) is 6.61 Å². The van der Waals surface area contributed by atoms with E-state index in [9.17, 15) is 14.4 Å². The van der Waals surface area contributed by atoms with Gasteiger partial charge in [-0.25, -0.2) is 0 Å². The van der Waals surface area contributed by atoms with Gasteiger partial charge in [-0.05, 0) is 49.4 Å². The number of likely N-dealkylation sites (N-methyl/N-ethyl adjacent to an activating group) is 1. The Morgan fingerprint density at radius 3 is 2.71 bits per heavy atom. The highest BCUT2D eigenvalue weighted by atomic mass is 32.2. The third-order valence-corrected chi connectivity index (χ3v) is 4.58. The lowest BCUT2D eigenvalue weighted by atomic mass is 10.1. The summed E-state index contributed by atoms with van der Waals surface area (Å²) in [4.78, 5) is 35.4. The molecule has 1 aromatic carbocycles. The van der Waals surface area contributed by atoms with Crippen LogP contribution in [0.15, 0.2) is 23.1 Å². The zero-order valence-electron chi connectivity index (χ0n) is 13.7. The maximum atomic E-state index is 11.7. The Kier molecular flexibility index (Phi) is 7.11. The predicted molar refractivity (Wildman–Crippen MR) is 91.8 cm³/mol. The maximum absolute atomic E-state index is 11.7. The molecular formula is C17H22N2O4S. The molecular weight excluding hydrogens is 328 g/mol. The average Bonchev–Trinajstić information content (AvgIpc) is 3.04. The Morgan fingerprint density at radius 2 is 1.92 bits per heavy atom. The van der Waals surface area contributed by atoms with Crippen molar-refractivity contribution in [3.63, 3.8) is 0 Å². The van der Waals surface area contributed by atoms with Crippen molar-refractivity contribution in [3.05, 3.63) is 29.3 Å². The van der Waals surface area contributed by atoms with Crippen molar-refractivity contribution in [2.45, 2.75) is 31.1 Å². The van der Waals surface area contributed by atoms with Gasteiger partial charge in [-0.3, -0.25) is 14.4 Å². The standard InChI is InChI=1S/C17H22N2O4S/c1-2-18-15(20)9-19-16(21)10-23-17(22)11-24-14-7-6-12-4-3-5-13(12)8-14/h6-8H,2-5,9-11H2,1H3,(H,18,20)(H,19,21). The van der Waals surface area contributed by atoms with E-state index >= 15 is 0 Å². The van der Waals surface area contributed by atoms with Crippen LogP contribution in [-0.2, 0) is 32.0 Å². The summed E-state index contributed by atoms with van der Waals surface area (Å²) in [6, 6.07) is 6.26. The van der Waals surface area contributed by atoms with E-state index in [0.717, 1.165) is 17.7 Å². The molecule has 0 spiro atoms. The second kappa shape index (κ2) is 9.32. The van der Waals surface area contributed by atoms with Crippen LogP contribution >= 0.6 is 11.8 Å². The summed E-state index contributed by atoms with van der Waals surface area (Å²) < 4.78 is 4.91. The van der Waals surface area contributed by atoms with Gasteiger partial charge in [0.25, 0.3) is 5.91 Å². The fourth-order valence-electron chi connectivity index (χ4n) is 2.46. The van der Waals surface area contributed by atoms with Crippen LogP contribution in [0.4, 0.5) is 0 Å². The van der Waals surface area contributed by atoms with Gasteiger partial charge >= 0.3 is 5.97 Å². The van der Waals surface area contributed by atoms with Crippen LogP contribution in [0.3, 0.4) is 0 Å².